The minimum absolute atomic E-state index is 0.762. The number of rotatable bonds is 7. The maximum Gasteiger partial charge on any atom is 0.187 e. The van der Waals surface area contributed by atoms with Gasteiger partial charge < -0.3 is 79.9 Å². The summed E-state index contributed by atoms with van der Waals surface area (Å²) >= 11 is 0. The van der Waals surface area contributed by atoms with E-state index in [4.69, 9.17) is 23.7 Å². The van der Waals surface area contributed by atoms with Crippen LogP contribution < -0.4 is 0 Å². The van der Waals surface area contributed by atoms with Gasteiger partial charge in [-0.15, -0.1) is 0 Å². The Bertz CT molecular complexity index is 599. The molecule has 0 aliphatic carbocycles. The lowest BCUT2D eigenvalue weighted by molar-refractivity contribution is -0.383. The second kappa shape index (κ2) is 11.6. The molecular formula is C18H32O16. The summed E-state index contributed by atoms with van der Waals surface area (Å²) in [5.74, 6) is 0. The summed E-state index contributed by atoms with van der Waals surface area (Å²) in [6.07, 6.45) is -25.6. The quantitative estimate of drug-likeness (QED) is 0.154. The fourth-order valence-corrected chi connectivity index (χ4v) is 4.04. The van der Waals surface area contributed by atoms with Crippen molar-refractivity contribution in [2.24, 2.45) is 0 Å². The van der Waals surface area contributed by atoms with Gasteiger partial charge in [-0.3, -0.25) is 0 Å². The Morgan fingerprint density at radius 1 is 0.441 bits per heavy atom. The predicted octanol–water partition coefficient (Wildman–Crippen LogP) is -7.57. The smallest absolute Gasteiger partial charge is 0.187 e. The van der Waals surface area contributed by atoms with Crippen LogP contribution in [0.3, 0.4) is 0 Å². The lowest BCUT2D eigenvalue weighted by atomic mass is 9.96. The van der Waals surface area contributed by atoms with Gasteiger partial charge in [-0.1, -0.05) is 0 Å². The molecule has 0 spiro atoms. The second-order valence-corrected chi connectivity index (χ2v) is 8.33. The predicted molar refractivity (Wildman–Crippen MR) is 101 cm³/mol. The van der Waals surface area contributed by atoms with E-state index in [2.05, 4.69) is 0 Å². The average Bonchev–Trinajstić information content (AvgIpc) is 2.83. The molecule has 16 nitrogen and oxygen atoms in total. The lowest BCUT2D eigenvalue weighted by Crippen LogP contribution is -2.67. The van der Waals surface area contributed by atoms with Crippen molar-refractivity contribution < 1.29 is 79.9 Å². The van der Waals surface area contributed by atoms with Crippen LogP contribution in [0.15, 0.2) is 0 Å². The molecule has 3 aliphatic rings. The van der Waals surface area contributed by atoms with Crippen molar-refractivity contribution in [1.82, 2.24) is 0 Å². The summed E-state index contributed by atoms with van der Waals surface area (Å²) in [6.45, 7) is -2.35. The van der Waals surface area contributed by atoms with E-state index in [0.717, 1.165) is 0 Å². The molecule has 34 heavy (non-hydrogen) atoms. The van der Waals surface area contributed by atoms with Crippen LogP contribution in [0.4, 0.5) is 0 Å². The molecule has 16 heteroatoms. The Morgan fingerprint density at radius 3 is 1.26 bits per heavy atom. The van der Waals surface area contributed by atoms with Gasteiger partial charge in [0.25, 0.3) is 0 Å². The first-order valence-corrected chi connectivity index (χ1v) is 10.6. The molecule has 0 unspecified atom stereocenters. The molecule has 200 valence electrons. The SMILES string of the molecule is OC[C@H]1O[C@@H](O[C@@H]2[C@@H](O)[C@@H](O)O[C@H](CO)[C@H]2O[C@H]2O[C@H](CO)[C@@H](O)[C@H](O)[C@H]2O)[C@H](O)[C@@H](O)[C@@H]1O. The highest BCUT2D eigenvalue weighted by molar-refractivity contribution is 4.96. The van der Waals surface area contributed by atoms with E-state index < -0.39 is 112 Å². The highest BCUT2D eigenvalue weighted by Gasteiger charge is 2.53. The number of ether oxygens (including phenoxy) is 5. The number of aliphatic hydroxyl groups excluding tert-OH is 11. The summed E-state index contributed by atoms with van der Waals surface area (Å²) in [5.41, 5.74) is 0. The Morgan fingerprint density at radius 2 is 0.853 bits per heavy atom. The Kier molecular flexibility index (Phi) is 9.54. The van der Waals surface area contributed by atoms with Gasteiger partial charge in [0.05, 0.1) is 19.8 Å². The molecule has 3 fully saturated rings. The zero-order chi connectivity index (χ0) is 25.3. The summed E-state index contributed by atoms with van der Waals surface area (Å²) in [6, 6.07) is 0. The lowest BCUT2D eigenvalue weighted by Gasteiger charge is -2.48. The maximum atomic E-state index is 10.5. The van der Waals surface area contributed by atoms with Gasteiger partial charge in [-0.05, 0) is 0 Å². The van der Waals surface area contributed by atoms with Crippen molar-refractivity contribution in [3.63, 3.8) is 0 Å². The Balaban J connectivity index is 1.84. The van der Waals surface area contributed by atoms with Crippen LogP contribution in [0.1, 0.15) is 0 Å². The van der Waals surface area contributed by atoms with Crippen LogP contribution in [-0.4, -0.2) is 168 Å². The Hall–Kier alpha value is -0.640. The third kappa shape index (κ3) is 5.37. The highest BCUT2D eigenvalue weighted by atomic mass is 16.8. The first-order valence-electron chi connectivity index (χ1n) is 10.6. The normalized spacial score (nSPS) is 52.5. The van der Waals surface area contributed by atoms with Gasteiger partial charge in [0.15, 0.2) is 18.9 Å². The van der Waals surface area contributed by atoms with Crippen LogP contribution in [0.5, 0.6) is 0 Å². The van der Waals surface area contributed by atoms with Crippen molar-refractivity contribution in [2.75, 3.05) is 19.8 Å². The van der Waals surface area contributed by atoms with Crippen LogP contribution in [0.25, 0.3) is 0 Å². The van der Waals surface area contributed by atoms with Gasteiger partial charge >= 0.3 is 0 Å². The van der Waals surface area contributed by atoms with Gasteiger partial charge in [0.2, 0.25) is 0 Å². The molecular weight excluding hydrogens is 472 g/mol. The Labute approximate surface area is 192 Å². The van der Waals surface area contributed by atoms with E-state index in [0.29, 0.717) is 0 Å². The fraction of sp³-hybridized carbons (Fsp3) is 1.00. The van der Waals surface area contributed by atoms with Gasteiger partial charge in [-0.2, -0.15) is 0 Å². The zero-order valence-corrected chi connectivity index (χ0v) is 17.7. The third-order valence-electron chi connectivity index (χ3n) is 6.09. The average molecular weight is 504 g/mol. The molecule has 0 amide bonds. The molecule has 3 aliphatic heterocycles. The van der Waals surface area contributed by atoms with Crippen molar-refractivity contribution in [1.29, 1.82) is 0 Å². The molecule has 15 atom stereocenters. The van der Waals surface area contributed by atoms with E-state index in [1.165, 1.54) is 0 Å². The van der Waals surface area contributed by atoms with E-state index in [9.17, 15) is 56.2 Å². The molecule has 0 saturated carbocycles. The molecule has 3 heterocycles. The van der Waals surface area contributed by atoms with Gasteiger partial charge in [0, 0.05) is 0 Å². The largest absolute Gasteiger partial charge is 0.394 e. The number of hydrogen-bond donors (Lipinski definition) is 11. The summed E-state index contributed by atoms with van der Waals surface area (Å²) in [5, 5.41) is 109. The second-order valence-electron chi connectivity index (χ2n) is 8.33. The zero-order valence-electron chi connectivity index (χ0n) is 17.7. The minimum Gasteiger partial charge on any atom is -0.394 e. The topological polar surface area (TPSA) is 269 Å². The van der Waals surface area contributed by atoms with Crippen LogP contribution in [-0.2, 0) is 23.7 Å². The van der Waals surface area contributed by atoms with Crippen molar-refractivity contribution in [3.8, 4) is 0 Å². The van der Waals surface area contributed by atoms with Crippen molar-refractivity contribution in [3.05, 3.63) is 0 Å². The first-order chi connectivity index (χ1) is 16.0. The van der Waals surface area contributed by atoms with Crippen LogP contribution in [0.2, 0.25) is 0 Å². The van der Waals surface area contributed by atoms with E-state index >= 15 is 0 Å². The number of hydrogen-bond acceptors (Lipinski definition) is 16. The monoisotopic (exact) mass is 504 g/mol. The molecule has 0 aromatic rings. The van der Waals surface area contributed by atoms with Gasteiger partial charge in [-0.25, -0.2) is 0 Å². The van der Waals surface area contributed by atoms with Gasteiger partial charge in [0.1, 0.15) is 73.2 Å². The summed E-state index contributed by atoms with van der Waals surface area (Å²) in [7, 11) is 0. The maximum absolute atomic E-state index is 10.5. The van der Waals surface area contributed by atoms with E-state index in [1.807, 2.05) is 0 Å². The number of aliphatic hydroxyl groups is 11. The minimum atomic E-state index is -1.93. The molecule has 3 rings (SSSR count). The molecule has 0 aromatic heterocycles. The van der Waals surface area contributed by atoms with Crippen molar-refractivity contribution in [2.45, 2.75) is 92.1 Å². The third-order valence-corrected chi connectivity index (χ3v) is 6.09. The summed E-state index contributed by atoms with van der Waals surface area (Å²) in [4.78, 5) is 0. The molecule has 0 aromatic carbocycles. The first kappa shape index (κ1) is 27.9. The van der Waals surface area contributed by atoms with E-state index in [1.54, 1.807) is 0 Å². The molecule has 11 N–H and O–H groups in total. The molecule has 0 radical (unpaired) electrons. The van der Waals surface area contributed by atoms with Crippen LogP contribution in [0, 0.1) is 0 Å². The standard InChI is InChI=1S/C18H32O16/c19-1-4-7(22)9(24)11(26)17(31-4)33-14-6(3-21)30-16(29)13(28)15(14)34-18-12(27)10(25)8(23)5(2-20)32-18/h4-29H,1-3H2/t4-,5-,6-,7-,8-,9+,10+,11-,12-,13-,14-,15-,16+,17-,18+/m1/s1. The molecule has 3 saturated heterocycles. The fourth-order valence-electron chi connectivity index (χ4n) is 4.04. The van der Waals surface area contributed by atoms with Crippen molar-refractivity contribution >= 4 is 0 Å². The molecule has 0 bridgehead atoms. The van der Waals surface area contributed by atoms with E-state index in [-0.39, 0.29) is 0 Å². The summed E-state index contributed by atoms with van der Waals surface area (Å²) < 4.78 is 26.7. The highest BCUT2D eigenvalue weighted by Crippen LogP contribution is 2.32. The van der Waals surface area contributed by atoms with Crippen LogP contribution >= 0.6 is 0 Å².